The van der Waals surface area contributed by atoms with Gasteiger partial charge in [0.05, 0.1) is 43.2 Å². The van der Waals surface area contributed by atoms with Crippen molar-refractivity contribution in [3.63, 3.8) is 0 Å². The SMILES string of the molecule is CCCCCCCCCCCCCCCCOC(=O)c1ccc(Cl)c(N/C(=C/C(=O)OC)C(=O)OC)c1. The van der Waals surface area contributed by atoms with E-state index >= 15 is 0 Å². The van der Waals surface area contributed by atoms with Gasteiger partial charge in [-0.2, -0.15) is 0 Å². The molecule has 0 saturated heterocycles. The van der Waals surface area contributed by atoms with Crippen molar-refractivity contribution in [3.05, 3.63) is 40.6 Å². The van der Waals surface area contributed by atoms with E-state index in [0.717, 1.165) is 25.3 Å². The third-order valence-corrected chi connectivity index (χ3v) is 6.40. The molecule has 0 fully saturated rings. The molecule has 0 aliphatic rings. The van der Waals surface area contributed by atoms with Gasteiger partial charge in [-0.05, 0) is 24.6 Å². The van der Waals surface area contributed by atoms with Crippen LogP contribution in [0.3, 0.4) is 0 Å². The number of carbonyl (C=O) groups excluding carboxylic acids is 3. The standard InChI is InChI=1S/C29H44ClNO6/c1-4-5-6-7-8-9-10-11-12-13-14-15-16-17-20-37-28(33)23-18-19-24(30)25(21-23)31-26(29(34)36-3)22-27(32)35-2/h18-19,21-22,31H,4-17,20H2,1-3H3/b26-22+. The maximum absolute atomic E-state index is 12.5. The zero-order chi connectivity index (χ0) is 27.3. The molecule has 0 heterocycles. The Hall–Kier alpha value is -2.54. The van der Waals surface area contributed by atoms with Gasteiger partial charge >= 0.3 is 17.9 Å². The predicted molar refractivity (Wildman–Crippen MR) is 148 cm³/mol. The van der Waals surface area contributed by atoms with Gasteiger partial charge in [-0.25, -0.2) is 14.4 Å². The van der Waals surface area contributed by atoms with E-state index in [4.69, 9.17) is 16.3 Å². The number of ether oxygens (including phenoxy) is 3. The number of nitrogens with one attached hydrogen (secondary N) is 1. The Kier molecular flexibility index (Phi) is 18.0. The molecule has 0 atom stereocenters. The van der Waals surface area contributed by atoms with Crippen molar-refractivity contribution in [2.75, 3.05) is 26.1 Å². The second-order valence-corrected chi connectivity index (χ2v) is 9.53. The highest BCUT2D eigenvalue weighted by Crippen LogP contribution is 2.25. The summed E-state index contributed by atoms with van der Waals surface area (Å²) in [5, 5.41) is 2.98. The van der Waals surface area contributed by atoms with Crippen molar-refractivity contribution in [3.8, 4) is 0 Å². The number of unbranched alkanes of at least 4 members (excludes halogenated alkanes) is 13. The highest BCUT2D eigenvalue weighted by atomic mass is 35.5. The van der Waals surface area contributed by atoms with Gasteiger partial charge in [0, 0.05) is 0 Å². The lowest BCUT2D eigenvalue weighted by Crippen LogP contribution is -2.16. The molecule has 208 valence electrons. The number of hydrogen-bond acceptors (Lipinski definition) is 7. The fraction of sp³-hybridized carbons (Fsp3) is 0.621. The molecule has 1 aromatic rings. The second kappa shape index (κ2) is 20.5. The minimum atomic E-state index is -0.785. The molecule has 0 saturated carbocycles. The molecule has 0 aliphatic heterocycles. The van der Waals surface area contributed by atoms with Crippen LogP contribution in [0.25, 0.3) is 0 Å². The van der Waals surface area contributed by atoms with Crippen LogP contribution in [0.5, 0.6) is 0 Å². The molecule has 1 rings (SSSR count). The monoisotopic (exact) mass is 537 g/mol. The lowest BCUT2D eigenvalue weighted by atomic mass is 10.0. The van der Waals surface area contributed by atoms with Crippen LogP contribution < -0.4 is 5.32 Å². The quantitative estimate of drug-likeness (QED) is 0.0791. The van der Waals surface area contributed by atoms with Gasteiger partial charge in [-0.3, -0.25) is 0 Å². The van der Waals surface area contributed by atoms with Crippen LogP contribution in [0.15, 0.2) is 30.0 Å². The van der Waals surface area contributed by atoms with E-state index in [2.05, 4.69) is 21.7 Å². The van der Waals surface area contributed by atoms with E-state index in [1.54, 1.807) is 6.07 Å². The number of anilines is 1. The third kappa shape index (κ3) is 14.7. The smallest absolute Gasteiger partial charge is 0.354 e. The van der Waals surface area contributed by atoms with Crippen molar-refractivity contribution in [1.29, 1.82) is 0 Å². The Labute approximate surface area is 227 Å². The first-order valence-corrected chi connectivity index (χ1v) is 13.9. The van der Waals surface area contributed by atoms with Crippen LogP contribution in [0, 0.1) is 0 Å². The molecule has 0 amide bonds. The Morgan fingerprint density at radius 2 is 1.35 bits per heavy atom. The van der Waals surface area contributed by atoms with E-state index in [-0.39, 0.29) is 22.0 Å². The summed E-state index contributed by atoms with van der Waals surface area (Å²) in [5.74, 6) is -2.01. The molecule has 0 unspecified atom stereocenters. The molecule has 7 nitrogen and oxygen atoms in total. The average Bonchev–Trinajstić information content (AvgIpc) is 2.90. The molecule has 1 aromatic carbocycles. The summed E-state index contributed by atoms with van der Waals surface area (Å²) in [6, 6.07) is 4.52. The molecule has 0 aliphatic carbocycles. The predicted octanol–water partition coefficient (Wildman–Crippen LogP) is 7.62. The number of hydrogen-bond donors (Lipinski definition) is 1. The number of carbonyl (C=O) groups is 3. The van der Waals surface area contributed by atoms with Crippen LogP contribution in [-0.2, 0) is 23.8 Å². The maximum Gasteiger partial charge on any atom is 0.354 e. The van der Waals surface area contributed by atoms with Crippen molar-refractivity contribution in [2.24, 2.45) is 0 Å². The van der Waals surface area contributed by atoms with Crippen LogP contribution in [-0.4, -0.2) is 38.7 Å². The van der Waals surface area contributed by atoms with Gasteiger partial charge in [0.15, 0.2) is 0 Å². The molecule has 0 spiro atoms. The normalized spacial score (nSPS) is 11.2. The first kappa shape index (κ1) is 32.5. The first-order valence-electron chi connectivity index (χ1n) is 13.5. The largest absolute Gasteiger partial charge is 0.466 e. The lowest BCUT2D eigenvalue weighted by Gasteiger charge is -2.12. The number of methoxy groups -OCH3 is 2. The van der Waals surface area contributed by atoms with E-state index in [0.29, 0.717) is 6.61 Å². The Morgan fingerprint density at radius 1 is 0.811 bits per heavy atom. The molecule has 0 aromatic heterocycles. The topological polar surface area (TPSA) is 90.9 Å². The number of halogens is 1. The van der Waals surface area contributed by atoms with E-state index in [1.807, 2.05) is 0 Å². The summed E-state index contributed by atoms with van der Waals surface area (Å²) in [5.41, 5.74) is 0.358. The Balaban J connectivity index is 2.30. The van der Waals surface area contributed by atoms with Crippen LogP contribution in [0.4, 0.5) is 5.69 Å². The molecule has 8 heteroatoms. The molecule has 0 radical (unpaired) electrons. The van der Waals surface area contributed by atoms with Crippen molar-refractivity contribution in [2.45, 2.75) is 96.8 Å². The lowest BCUT2D eigenvalue weighted by molar-refractivity contribution is -0.138. The minimum absolute atomic E-state index is 0.177. The summed E-state index contributed by atoms with van der Waals surface area (Å²) < 4.78 is 14.6. The molecular formula is C29H44ClNO6. The molecule has 0 bridgehead atoms. The second-order valence-electron chi connectivity index (χ2n) is 9.12. The Bertz CT molecular complexity index is 855. The number of esters is 3. The van der Waals surface area contributed by atoms with E-state index in [9.17, 15) is 14.4 Å². The van der Waals surface area contributed by atoms with Crippen LogP contribution in [0.1, 0.15) is 107 Å². The average molecular weight is 538 g/mol. The highest BCUT2D eigenvalue weighted by molar-refractivity contribution is 6.33. The van der Waals surface area contributed by atoms with Crippen molar-refractivity contribution >= 4 is 35.2 Å². The highest BCUT2D eigenvalue weighted by Gasteiger charge is 2.16. The van der Waals surface area contributed by atoms with Gasteiger partial charge in [0.1, 0.15) is 5.70 Å². The van der Waals surface area contributed by atoms with Gasteiger partial charge < -0.3 is 19.5 Å². The zero-order valence-corrected chi connectivity index (χ0v) is 23.5. The Morgan fingerprint density at radius 3 is 1.86 bits per heavy atom. The van der Waals surface area contributed by atoms with Gasteiger partial charge in [-0.1, -0.05) is 102 Å². The maximum atomic E-state index is 12.5. The minimum Gasteiger partial charge on any atom is -0.466 e. The first-order chi connectivity index (χ1) is 17.9. The summed E-state index contributed by atoms with van der Waals surface area (Å²) >= 11 is 6.20. The van der Waals surface area contributed by atoms with E-state index < -0.39 is 17.9 Å². The van der Waals surface area contributed by atoms with Gasteiger partial charge in [0.25, 0.3) is 0 Å². The summed E-state index contributed by atoms with van der Waals surface area (Å²) in [7, 11) is 2.37. The summed E-state index contributed by atoms with van der Waals surface area (Å²) in [6.07, 6.45) is 18.6. The summed E-state index contributed by atoms with van der Waals surface area (Å²) in [6.45, 7) is 2.60. The summed E-state index contributed by atoms with van der Waals surface area (Å²) in [4.78, 5) is 36.0. The van der Waals surface area contributed by atoms with Crippen molar-refractivity contribution in [1.82, 2.24) is 0 Å². The fourth-order valence-corrected chi connectivity index (χ4v) is 4.04. The molecular weight excluding hydrogens is 494 g/mol. The van der Waals surface area contributed by atoms with Gasteiger partial charge in [0.2, 0.25) is 0 Å². The van der Waals surface area contributed by atoms with Crippen molar-refractivity contribution < 1.29 is 28.6 Å². The molecule has 1 N–H and O–H groups in total. The van der Waals surface area contributed by atoms with Crippen LogP contribution in [0.2, 0.25) is 5.02 Å². The third-order valence-electron chi connectivity index (χ3n) is 6.07. The van der Waals surface area contributed by atoms with Gasteiger partial charge in [-0.15, -0.1) is 0 Å². The number of rotatable bonds is 20. The molecule has 37 heavy (non-hydrogen) atoms. The fourth-order valence-electron chi connectivity index (χ4n) is 3.87. The number of benzene rings is 1. The van der Waals surface area contributed by atoms with Crippen LogP contribution >= 0.6 is 11.6 Å². The van der Waals surface area contributed by atoms with E-state index in [1.165, 1.54) is 97.0 Å². The zero-order valence-electron chi connectivity index (χ0n) is 22.7.